The SMILES string of the molecule is CC[C@H](C(=O)N(Cc1ccc(F)cc1)Cc1ccc(C)o1)c1ccccc1. The first-order chi connectivity index (χ1) is 13.1. The second-order valence-corrected chi connectivity index (χ2v) is 6.70. The standard InChI is InChI=1S/C23H24FNO2/c1-3-22(19-7-5-4-6-8-19)23(26)25(16-21-14-9-17(2)27-21)15-18-10-12-20(24)13-11-18/h4-14,22H,3,15-16H2,1-2H3/t22-/m0/s1. The fraction of sp³-hybridized carbons (Fsp3) is 0.261. The molecule has 1 heterocycles. The van der Waals surface area contributed by atoms with Crippen LogP contribution in [0.25, 0.3) is 0 Å². The van der Waals surface area contributed by atoms with Gasteiger partial charge in [-0.05, 0) is 48.7 Å². The number of benzene rings is 2. The van der Waals surface area contributed by atoms with E-state index in [0.717, 1.165) is 22.6 Å². The largest absolute Gasteiger partial charge is 0.464 e. The van der Waals surface area contributed by atoms with E-state index in [1.165, 1.54) is 12.1 Å². The predicted molar refractivity (Wildman–Crippen MR) is 104 cm³/mol. The van der Waals surface area contributed by atoms with E-state index >= 15 is 0 Å². The monoisotopic (exact) mass is 365 g/mol. The molecule has 0 fully saturated rings. The van der Waals surface area contributed by atoms with E-state index < -0.39 is 0 Å². The topological polar surface area (TPSA) is 33.5 Å². The van der Waals surface area contributed by atoms with Gasteiger partial charge in [0, 0.05) is 6.54 Å². The maximum atomic E-state index is 13.4. The lowest BCUT2D eigenvalue weighted by atomic mass is 9.94. The third-order valence-electron chi connectivity index (χ3n) is 4.65. The fourth-order valence-electron chi connectivity index (χ4n) is 3.24. The van der Waals surface area contributed by atoms with Crippen molar-refractivity contribution in [2.45, 2.75) is 39.3 Å². The van der Waals surface area contributed by atoms with Gasteiger partial charge in [-0.25, -0.2) is 4.39 Å². The highest BCUT2D eigenvalue weighted by atomic mass is 19.1. The molecule has 0 spiro atoms. The Morgan fingerprint density at radius 3 is 2.30 bits per heavy atom. The summed E-state index contributed by atoms with van der Waals surface area (Å²) >= 11 is 0. The summed E-state index contributed by atoms with van der Waals surface area (Å²) in [5.41, 5.74) is 1.89. The van der Waals surface area contributed by atoms with Crippen LogP contribution in [0.5, 0.6) is 0 Å². The highest BCUT2D eigenvalue weighted by Crippen LogP contribution is 2.24. The van der Waals surface area contributed by atoms with Gasteiger partial charge in [-0.2, -0.15) is 0 Å². The molecule has 27 heavy (non-hydrogen) atoms. The van der Waals surface area contributed by atoms with Crippen LogP contribution in [0.2, 0.25) is 0 Å². The molecule has 0 aliphatic heterocycles. The molecule has 0 N–H and O–H groups in total. The summed E-state index contributed by atoms with van der Waals surface area (Å²) < 4.78 is 18.9. The predicted octanol–water partition coefficient (Wildman–Crippen LogP) is 5.45. The number of carbonyl (C=O) groups is 1. The van der Waals surface area contributed by atoms with Gasteiger partial charge in [-0.3, -0.25) is 4.79 Å². The van der Waals surface area contributed by atoms with Crippen LogP contribution in [0.3, 0.4) is 0 Å². The Hall–Kier alpha value is -2.88. The van der Waals surface area contributed by atoms with Gasteiger partial charge in [0.25, 0.3) is 0 Å². The van der Waals surface area contributed by atoms with Crippen LogP contribution in [-0.4, -0.2) is 10.8 Å². The molecule has 1 amide bonds. The van der Waals surface area contributed by atoms with Gasteiger partial charge in [-0.1, -0.05) is 49.4 Å². The first-order valence-electron chi connectivity index (χ1n) is 9.20. The van der Waals surface area contributed by atoms with Crippen molar-refractivity contribution in [3.63, 3.8) is 0 Å². The second-order valence-electron chi connectivity index (χ2n) is 6.70. The van der Waals surface area contributed by atoms with E-state index in [1.54, 1.807) is 17.0 Å². The minimum absolute atomic E-state index is 0.0436. The van der Waals surface area contributed by atoms with Crippen LogP contribution in [0, 0.1) is 12.7 Å². The average molecular weight is 365 g/mol. The molecule has 2 aromatic carbocycles. The summed E-state index contributed by atoms with van der Waals surface area (Å²) in [5.74, 6) is 1.10. The number of amides is 1. The lowest BCUT2D eigenvalue weighted by Gasteiger charge is -2.27. The van der Waals surface area contributed by atoms with E-state index in [4.69, 9.17) is 4.42 Å². The maximum Gasteiger partial charge on any atom is 0.230 e. The number of carbonyl (C=O) groups excluding carboxylic acids is 1. The van der Waals surface area contributed by atoms with E-state index in [1.807, 2.05) is 56.3 Å². The number of nitrogens with zero attached hydrogens (tertiary/aromatic N) is 1. The van der Waals surface area contributed by atoms with Crippen LogP contribution in [0.1, 0.15) is 41.9 Å². The molecule has 0 aliphatic carbocycles. The zero-order valence-electron chi connectivity index (χ0n) is 15.7. The van der Waals surface area contributed by atoms with Gasteiger partial charge < -0.3 is 9.32 Å². The van der Waals surface area contributed by atoms with Gasteiger partial charge in [-0.15, -0.1) is 0 Å². The van der Waals surface area contributed by atoms with Crippen molar-refractivity contribution in [2.24, 2.45) is 0 Å². The Bertz CT molecular complexity index is 871. The van der Waals surface area contributed by atoms with Crippen LogP contribution in [-0.2, 0) is 17.9 Å². The molecule has 0 bridgehead atoms. The van der Waals surface area contributed by atoms with Crippen LogP contribution >= 0.6 is 0 Å². The van der Waals surface area contributed by atoms with E-state index in [2.05, 4.69) is 0 Å². The summed E-state index contributed by atoms with van der Waals surface area (Å²) in [6, 6.07) is 19.9. The van der Waals surface area contributed by atoms with Crippen molar-refractivity contribution >= 4 is 5.91 Å². The molecule has 0 aliphatic rings. The quantitative estimate of drug-likeness (QED) is 0.558. The maximum absolute atomic E-state index is 13.4. The number of furan rings is 1. The molecular formula is C23H24FNO2. The summed E-state index contributed by atoms with van der Waals surface area (Å²) in [6.07, 6.45) is 0.708. The molecule has 3 aromatic rings. The number of aryl methyl sites for hydroxylation is 1. The minimum Gasteiger partial charge on any atom is -0.464 e. The minimum atomic E-state index is -0.283. The molecule has 1 atom stereocenters. The lowest BCUT2D eigenvalue weighted by molar-refractivity contribution is -0.134. The smallest absolute Gasteiger partial charge is 0.230 e. The molecule has 0 saturated heterocycles. The van der Waals surface area contributed by atoms with Crippen molar-refractivity contribution in [1.82, 2.24) is 4.90 Å². The fourth-order valence-corrected chi connectivity index (χ4v) is 3.24. The first kappa shape index (κ1) is 18.9. The second kappa shape index (κ2) is 8.67. The Balaban J connectivity index is 1.87. The molecule has 0 radical (unpaired) electrons. The first-order valence-corrected chi connectivity index (χ1v) is 9.20. The van der Waals surface area contributed by atoms with Crippen molar-refractivity contribution in [3.05, 3.63) is 95.2 Å². The molecule has 0 unspecified atom stereocenters. The van der Waals surface area contributed by atoms with Gasteiger partial charge in [0.05, 0.1) is 12.5 Å². The summed E-state index contributed by atoms with van der Waals surface area (Å²) in [4.78, 5) is 15.2. The third-order valence-corrected chi connectivity index (χ3v) is 4.65. The van der Waals surface area contributed by atoms with Crippen LogP contribution in [0.4, 0.5) is 4.39 Å². The molecule has 1 aromatic heterocycles. The van der Waals surface area contributed by atoms with E-state index in [-0.39, 0.29) is 17.6 Å². The Labute approximate surface area is 159 Å². The average Bonchev–Trinajstić information content (AvgIpc) is 3.09. The van der Waals surface area contributed by atoms with Gasteiger partial charge >= 0.3 is 0 Å². The molecule has 140 valence electrons. The molecule has 3 nitrogen and oxygen atoms in total. The molecular weight excluding hydrogens is 341 g/mol. The van der Waals surface area contributed by atoms with Gasteiger partial charge in [0.15, 0.2) is 0 Å². The summed E-state index contributed by atoms with van der Waals surface area (Å²) in [6.45, 7) is 4.69. The number of hydrogen-bond acceptors (Lipinski definition) is 2. The molecule has 0 saturated carbocycles. The van der Waals surface area contributed by atoms with Crippen molar-refractivity contribution in [1.29, 1.82) is 0 Å². The summed E-state index contributed by atoms with van der Waals surface area (Å²) in [5, 5.41) is 0. The van der Waals surface area contributed by atoms with Crippen LogP contribution < -0.4 is 0 Å². The Morgan fingerprint density at radius 2 is 1.70 bits per heavy atom. The van der Waals surface area contributed by atoms with Gasteiger partial charge in [0.2, 0.25) is 5.91 Å². The zero-order valence-corrected chi connectivity index (χ0v) is 15.7. The molecule has 3 rings (SSSR count). The highest BCUT2D eigenvalue weighted by Gasteiger charge is 2.25. The van der Waals surface area contributed by atoms with Gasteiger partial charge in [0.1, 0.15) is 17.3 Å². The summed E-state index contributed by atoms with van der Waals surface area (Å²) in [7, 11) is 0. The highest BCUT2D eigenvalue weighted by molar-refractivity contribution is 5.83. The Kier molecular flexibility index (Phi) is 6.07. The van der Waals surface area contributed by atoms with E-state index in [0.29, 0.717) is 19.5 Å². The van der Waals surface area contributed by atoms with Crippen molar-refractivity contribution in [3.8, 4) is 0 Å². The number of rotatable bonds is 7. The lowest BCUT2D eigenvalue weighted by Crippen LogP contribution is -2.34. The van der Waals surface area contributed by atoms with E-state index in [9.17, 15) is 9.18 Å². The van der Waals surface area contributed by atoms with Crippen molar-refractivity contribution < 1.29 is 13.6 Å². The normalized spacial score (nSPS) is 12.0. The molecule has 4 heteroatoms. The van der Waals surface area contributed by atoms with Crippen molar-refractivity contribution in [2.75, 3.05) is 0 Å². The van der Waals surface area contributed by atoms with Crippen LogP contribution in [0.15, 0.2) is 71.1 Å². The number of hydrogen-bond donors (Lipinski definition) is 0. The third kappa shape index (κ3) is 4.85. The number of halogens is 1. The zero-order chi connectivity index (χ0) is 19.2. The Morgan fingerprint density at radius 1 is 1.00 bits per heavy atom.